The van der Waals surface area contributed by atoms with Crippen LogP contribution < -0.4 is 10.9 Å². The molecule has 0 radical (unpaired) electrons. The number of rotatable bonds is 6. The van der Waals surface area contributed by atoms with Crippen LogP contribution in [-0.4, -0.2) is 41.8 Å². The van der Waals surface area contributed by atoms with Crippen LogP contribution in [0.1, 0.15) is 10.4 Å². The summed E-state index contributed by atoms with van der Waals surface area (Å²) < 4.78 is 2.71. The molecule has 2 aromatic carbocycles. The average Bonchev–Trinajstić information content (AvgIpc) is 3.30. The predicted molar refractivity (Wildman–Crippen MR) is 116 cm³/mol. The predicted octanol–water partition coefficient (Wildman–Crippen LogP) is 2.48. The van der Waals surface area contributed by atoms with Crippen LogP contribution in [0.15, 0.2) is 71.9 Å². The van der Waals surface area contributed by atoms with Crippen molar-refractivity contribution in [3.63, 3.8) is 0 Å². The highest BCUT2D eigenvalue weighted by molar-refractivity contribution is 6.31. The number of hydrogen-bond donors (Lipinski definition) is 2. The van der Waals surface area contributed by atoms with Crippen molar-refractivity contribution in [3.8, 4) is 16.8 Å². The number of carbonyl (C=O) groups excluding carboxylic acids is 1. The highest BCUT2D eigenvalue weighted by Crippen LogP contribution is 2.28. The molecule has 0 fully saturated rings. The number of hydrogen-bond acceptors (Lipinski definition) is 6. The summed E-state index contributed by atoms with van der Waals surface area (Å²) in [7, 11) is 0. The minimum atomic E-state index is -1.06. The first-order valence-electron chi connectivity index (χ1n) is 9.28. The third-order valence-electron chi connectivity index (χ3n) is 4.59. The van der Waals surface area contributed by atoms with E-state index in [1.165, 1.54) is 52.1 Å². The lowest BCUT2D eigenvalue weighted by Crippen LogP contribution is -2.26. The number of tetrazole rings is 1. The van der Waals surface area contributed by atoms with Crippen molar-refractivity contribution in [2.45, 2.75) is 6.54 Å². The van der Waals surface area contributed by atoms with Crippen molar-refractivity contribution in [3.05, 3.63) is 88.1 Å². The largest absolute Gasteiger partial charge is 0.478 e. The van der Waals surface area contributed by atoms with Crippen LogP contribution in [0.3, 0.4) is 0 Å². The summed E-state index contributed by atoms with van der Waals surface area (Å²) >= 11 is 6.14. The smallest absolute Gasteiger partial charge is 0.335 e. The summed E-state index contributed by atoms with van der Waals surface area (Å²) in [4.78, 5) is 35.9. The third-order valence-corrected chi connectivity index (χ3v) is 4.83. The number of nitrogens with one attached hydrogen (secondary N) is 1. The summed E-state index contributed by atoms with van der Waals surface area (Å²) in [6.07, 6.45) is 2.94. The molecule has 1 amide bonds. The number of benzene rings is 2. The first-order valence-corrected chi connectivity index (χ1v) is 9.65. The Morgan fingerprint density at radius 3 is 2.50 bits per heavy atom. The molecule has 2 N–H and O–H groups in total. The number of pyridine rings is 1. The molecule has 10 nitrogen and oxygen atoms in total. The fraction of sp³-hybridized carbons (Fsp3) is 0.0476. The van der Waals surface area contributed by atoms with Crippen LogP contribution >= 0.6 is 11.6 Å². The number of halogens is 1. The Morgan fingerprint density at radius 2 is 1.84 bits per heavy atom. The molecule has 0 saturated heterocycles. The Balaban J connectivity index is 1.54. The highest BCUT2D eigenvalue weighted by atomic mass is 35.5. The van der Waals surface area contributed by atoms with Gasteiger partial charge in [0, 0.05) is 28.5 Å². The Labute approximate surface area is 185 Å². The second-order valence-corrected chi connectivity index (χ2v) is 7.16. The molecule has 0 aliphatic carbocycles. The van der Waals surface area contributed by atoms with E-state index in [9.17, 15) is 14.4 Å². The number of nitrogens with zero attached hydrogens (tertiary/aromatic N) is 5. The third kappa shape index (κ3) is 4.55. The first kappa shape index (κ1) is 20.9. The minimum absolute atomic E-state index is 0.108. The number of anilines is 1. The van der Waals surface area contributed by atoms with Crippen molar-refractivity contribution in [2.75, 3.05) is 5.32 Å². The summed E-state index contributed by atoms with van der Waals surface area (Å²) in [5, 5.41) is 23.2. The van der Waals surface area contributed by atoms with Crippen LogP contribution in [0.4, 0.5) is 5.69 Å². The Kier molecular flexibility index (Phi) is 5.77. The molecule has 4 rings (SSSR count). The molecule has 0 aliphatic heterocycles. The van der Waals surface area contributed by atoms with Gasteiger partial charge in [-0.3, -0.25) is 9.59 Å². The molecule has 2 heterocycles. The molecule has 32 heavy (non-hydrogen) atoms. The van der Waals surface area contributed by atoms with Gasteiger partial charge in [-0.05, 0) is 64.5 Å². The lowest BCUT2D eigenvalue weighted by atomic mass is 10.0. The number of aromatic nitrogens is 5. The maximum Gasteiger partial charge on any atom is 0.335 e. The zero-order valence-corrected chi connectivity index (χ0v) is 17.1. The molecule has 11 heteroatoms. The van der Waals surface area contributed by atoms with E-state index >= 15 is 0 Å². The monoisotopic (exact) mass is 450 g/mol. The number of amides is 1. The van der Waals surface area contributed by atoms with E-state index in [4.69, 9.17) is 16.7 Å². The molecule has 0 atom stereocenters. The minimum Gasteiger partial charge on any atom is -0.478 e. The standard InChI is InChI=1S/C21H15ClN6O4/c22-15-3-6-18(28-12-23-25-26-28)17(10-15)14-7-8-27(20(30)9-14)11-19(29)24-16-4-1-13(2-5-16)21(31)32/h1-10,12H,11H2,(H,24,29)(H,31,32). The molecule has 160 valence electrons. The summed E-state index contributed by atoms with van der Waals surface area (Å²) in [5.74, 6) is -1.49. The zero-order chi connectivity index (χ0) is 22.7. The van der Waals surface area contributed by atoms with Crippen LogP contribution in [-0.2, 0) is 11.3 Å². The van der Waals surface area contributed by atoms with Crippen LogP contribution in [0.5, 0.6) is 0 Å². The Hall–Kier alpha value is -4.31. The van der Waals surface area contributed by atoms with Crippen molar-refractivity contribution < 1.29 is 14.7 Å². The van der Waals surface area contributed by atoms with Gasteiger partial charge in [0.25, 0.3) is 5.56 Å². The first-order chi connectivity index (χ1) is 15.4. The molecule has 0 bridgehead atoms. The lowest BCUT2D eigenvalue weighted by molar-refractivity contribution is -0.116. The maximum atomic E-state index is 12.6. The van der Waals surface area contributed by atoms with Crippen molar-refractivity contribution in [2.24, 2.45) is 0 Å². The molecule has 4 aromatic rings. The number of carboxylic acid groups (broad SMARTS) is 1. The fourth-order valence-corrected chi connectivity index (χ4v) is 3.24. The highest BCUT2D eigenvalue weighted by Gasteiger charge is 2.12. The molecule has 0 spiro atoms. The maximum absolute atomic E-state index is 12.6. The summed E-state index contributed by atoms with van der Waals surface area (Å²) in [6.45, 7) is -0.213. The van der Waals surface area contributed by atoms with Gasteiger partial charge in [0.2, 0.25) is 5.91 Å². The van der Waals surface area contributed by atoms with Crippen molar-refractivity contribution in [1.82, 2.24) is 24.8 Å². The van der Waals surface area contributed by atoms with Crippen LogP contribution in [0.25, 0.3) is 16.8 Å². The van der Waals surface area contributed by atoms with Crippen LogP contribution in [0.2, 0.25) is 5.02 Å². The molecule has 2 aromatic heterocycles. The molecule has 0 saturated carbocycles. The van der Waals surface area contributed by atoms with Gasteiger partial charge >= 0.3 is 5.97 Å². The van der Waals surface area contributed by atoms with E-state index in [0.29, 0.717) is 27.5 Å². The van der Waals surface area contributed by atoms with Gasteiger partial charge in [0.05, 0.1) is 11.3 Å². The van der Waals surface area contributed by atoms with E-state index in [2.05, 4.69) is 20.8 Å². The van der Waals surface area contributed by atoms with Crippen molar-refractivity contribution >= 4 is 29.2 Å². The molecular weight excluding hydrogens is 436 g/mol. The average molecular weight is 451 g/mol. The summed E-state index contributed by atoms with van der Waals surface area (Å²) in [5.41, 5.74) is 2.02. The van der Waals surface area contributed by atoms with E-state index in [1.54, 1.807) is 24.3 Å². The summed E-state index contributed by atoms with van der Waals surface area (Å²) in [6, 6.07) is 13.9. The Bertz CT molecular complexity index is 1350. The quantitative estimate of drug-likeness (QED) is 0.461. The van der Waals surface area contributed by atoms with Gasteiger partial charge in [0.1, 0.15) is 12.9 Å². The van der Waals surface area contributed by atoms with E-state index in [1.807, 2.05) is 0 Å². The van der Waals surface area contributed by atoms with Crippen LogP contribution in [0, 0.1) is 0 Å². The SMILES string of the molecule is O=C(Cn1ccc(-c2cc(Cl)ccc2-n2cnnn2)cc1=O)Nc1ccc(C(=O)O)cc1. The fourth-order valence-electron chi connectivity index (χ4n) is 3.07. The topological polar surface area (TPSA) is 132 Å². The van der Waals surface area contributed by atoms with Gasteiger partial charge in [-0.25, -0.2) is 4.79 Å². The number of carboxylic acids is 1. The second kappa shape index (κ2) is 8.82. The molecular formula is C21H15ClN6O4. The van der Waals surface area contributed by atoms with E-state index in [0.717, 1.165) is 0 Å². The van der Waals surface area contributed by atoms with E-state index in [-0.39, 0.29) is 17.7 Å². The molecule has 0 aliphatic rings. The number of aromatic carboxylic acids is 1. The zero-order valence-electron chi connectivity index (χ0n) is 16.3. The van der Waals surface area contributed by atoms with Gasteiger partial charge in [-0.1, -0.05) is 11.6 Å². The van der Waals surface area contributed by atoms with Gasteiger partial charge in [0.15, 0.2) is 0 Å². The Morgan fingerprint density at radius 1 is 1.06 bits per heavy atom. The second-order valence-electron chi connectivity index (χ2n) is 6.73. The lowest BCUT2D eigenvalue weighted by Gasteiger charge is -2.11. The van der Waals surface area contributed by atoms with Gasteiger partial charge < -0.3 is 15.0 Å². The van der Waals surface area contributed by atoms with Gasteiger partial charge in [-0.15, -0.1) is 5.10 Å². The van der Waals surface area contributed by atoms with Crippen molar-refractivity contribution in [1.29, 1.82) is 0 Å². The van der Waals surface area contributed by atoms with Gasteiger partial charge in [-0.2, -0.15) is 4.68 Å². The van der Waals surface area contributed by atoms with E-state index < -0.39 is 11.9 Å². The normalized spacial score (nSPS) is 10.7. The number of carbonyl (C=O) groups is 2. The molecule has 0 unspecified atom stereocenters.